The quantitative estimate of drug-likeness (QED) is 0.834. The molecule has 0 radical (unpaired) electrons. The third kappa shape index (κ3) is 2.64. The van der Waals surface area contributed by atoms with E-state index in [0.29, 0.717) is 36.0 Å². The predicted octanol–water partition coefficient (Wildman–Crippen LogP) is 0.591. The molecule has 1 aliphatic heterocycles. The van der Waals surface area contributed by atoms with E-state index in [1.54, 1.807) is 13.0 Å². The molecule has 2 fully saturated rings. The number of amides is 1. The first kappa shape index (κ1) is 12.6. The number of aryl methyl sites for hydroxylation is 1. The van der Waals surface area contributed by atoms with Crippen molar-refractivity contribution in [3.63, 3.8) is 0 Å². The van der Waals surface area contributed by atoms with Crippen molar-refractivity contribution in [3.05, 3.63) is 11.8 Å². The zero-order valence-corrected chi connectivity index (χ0v) is 11.1. The number of aromatic nitrogens is 1. The Hall–Kier alpha value is -1.40. The summed E-state index contributed by atoms with van der Waals surface area (Å²) in [7, 11) is 0. The van der Waals surface area contributed by atoms with Gasteiger partial charge in [0.2, 0.25) is 5.91 Å². The lowest BCUT2D eigenvalue weighted by atomic mass is 9.98. The molecule has 1 amide bonds. The van der Waals surface area contributed by atoms with Gasteiger partial charge in [-0.15, -0.1) is 0 Å². The van der Waals surface area contributed by atoms with Gasteiger partial charge in [0.05, 0.1) is 6.54 Å². The lowest BCUT2D eigenvalue weighted by Crippen LogP contribution is -2.34. The van der Waals surface area contributed by atoms with Crippen LogP contribution in [0, 0.1) is 18.8 Å². The fraction of sp³-hybridized carbons (Fsp3) is 0.692. The zero-order chi connectivity index (χ0) is 13.4. The normalized spacial score (nSPS) is 30.5. The van der Waals surface area contributed by atoms with Crippen molar-refractivity contribution >= 4 is 11.7 Å². The van der Waals surface area contributed by atoms with Crippen molar-refractivity contribution in [1.82, 2.24) is 10.1 Å². The number of anilines is 1. The standard InChI is InChI=1S/C13H20N4O2/c1-8-4-12(16-19-8)15-13(18)7-17-5-9-2-3-11(14)10(9)6-17/h4,9-11H,2-3,5-7,14H2,1H3,(H,15,16,18). The Morgan fingerprint density at radius 3 is 3.11 bits per heavy atom. The van der Waals surface area contributed by atoms with E-state index < -0.39 is 0 Å². The van der Waals surface area contributed by atoms with E-state index in [2.05, 4.69) is 15.4 Å². The van der Waals surface area contributed by atoms with Crippen LogP contribution in [0.3, 0.4) is 0 Å². The van der Waals surface area contributed by atoms with E-state index in [4.69, 9.17) is 10.3 Å². The van der Waals surface area contributed by atoms with Crippen molar-refractivity contribution in [1.29, 1.82) is 0 Å². The summed E-state index contributed by atoms with van der Waals surface area (Å²) >= 11 is 0. The second kappa shape index (κ2) is 4.94. The smallest absolute Gasteiger partial charge is 0.239 e. The van der Waals surface area contributed by atoms with Crippen LogP contribution in [0.5, 0.6) is 0 Å². The fourth-order valence-electron chi connectivity index (χ4n) is 3.34. The van der Waals surface area contributed by atoms with Crippen LogP contribution >= 0.6 is 0 Å². The largest absolute Gasteiger partial charge is 0.360 e. The number of rotatable bonds is 3. The number of likely N-dealkylation sites (tertiary alicyclic amines) is 1. The molecule has 0 spiro atoms. The van der Waals surface area contributed by atoms with Gasteiger partial charge in [0, 0.05) is 25.2 Å². The Balaban J connectivity index is 1.51. The summed E-state index contributed by atoms with van der Waals surface area (Å²) in [4.78, 5) is 14.1. The number of nitrogens with one attached hydrogen (secondary N) is 1. The van der Waals surface area contributed by atoms with E-state index in [1.165, 1.54) is 6.42 Å². The number of carbonyl (C=O) groups excluding carboxylic acids is 1. The summed E-state index contributed by atoms with van der Waals surface area (Å²) in [5, 5.41) is 6.50. The molecule has 1 saturated carbocycles. The van der Waals surface area contributed by atoms with Crippen LogP contribution in [-0.2, 0) is 4.79 Å². The summed E-state index contributed by atoms with van der Waals surface area (Å²) in [6, 6.07) is 2.03. The van der Waals surface area contributed by atoms with Crippen LogP contribution in [0.25, 0.3) is 0 Å². The first-order valence-electron chi connectivity index (χ1n) is 6.83. The topological polar surface area (TPSA) is 84.4 Å². The number of fused-ring (bicyclic) bond motifs is 1. The predicted molar refractivity (Wildman–Crippen MR) is 70.5 cm³/mol. The molecule has 3 unspecified atom stereocenters. The average Bonchev–Trinajstić information content (AvgIpc) is 2.99. The average molecular weight is 264 g/mol. The Morgan fingerprint density at radius 2 is 2.42 bits per heavy atom. The number of hydrogen-bond acceptors (Lipinski definition) is 5. The number of nitrogens with zero attached hydrogens (tertiary/aromatic N) is 2. The van der Waals surface area contributed by atoms with Gasteiger partial charge in [-0.05, 0) is 31.6 Å². The highest BCUT2D eigenvalue weighted by atomic mass is 16.5. The van der Waals surface area contributed by atoms with Gasteiger partial charge in [0.1, 0.15) is 5.76 Å². The molecule has 6 heteroatoms. The Kier molecular flexibility index (Phi) is 3.28. The molecule has 0 bridgehead atoms. The monoisotopic (exact) mass is 264 g/mol. The van der Waals surface area contributed by atoms with Crippen LogP contribution in [-0.4, -0.2) is 41.6 Å². The molecular formula is C13H20N4O2. The molecule has 19 heavy (non-hydrogen) atoms. The fourth-order valence-corrected chi connectivity index (χ4v) is 3.34. The van der Waals surface area contributed by atoms with E-state index in [9.17, 15) is 4.79 Å². The van der Waals surface area contributed by atoms with Gasteiger partial charge in [0.25, 0.3) is 0 Å². The Bertz CT molecular complexity index is 473. The van der Waals surface area contributed by atoms with Crippen molar-refractivity contribution in [2.75, 3.05) is 25.0 Å². The molecule has 1 aromatic rings. The summed E-state index contributed by atoms with van der Waals surface area (Å²) in [6.07, 6.45) is 2.33. The molecule has 3 N–H and O–H groups in total. The lowest BCUT2D eigenvalue weighted by molar-refractivity contribution is -0.117. The first-order valence-corrected chi connectivity index (χ1v) is 6.83. The third-order valence-corrected chi connectivity index (χ3v) is 4.25. The summed E-state index contributed by atoms with van der Waals surface area (Å²) in [5.41, 5.74) is 6.09. The van der Waals surface area contributed by atoms with Crippen molar-refractivity contribution in [2.45, 2.75) is 25.8 Å². The molecule has 2 aliphatic rings. The third-order valence-electron chi connectivity index (χ3n) is 4.25. The van der Waals surface area contributed by atoms with Crippen molar-refractivity contribution in [2.24, 2.45) is 17.6 Å². The minimum Gasteiger partial charge on any atom is -0.360 e. The molecule has 3 rings (SSSR count). The summed E-state index contributed by atoms with van der Waals surface area (Å²) < 4.78 is 4.92. The second-order valence-corrected chi connectivity index (χ2v) is 5.73. The van der Waals surface area contributed by atoms with Gasteiger partial charge < -0.3 is 15.6 Å². The van der Waals surface area contributed by atoms with Gasteiger partial charge in [-0.2, -0.15) is 0 Å². The maximum absolute atomic E-state index is 11.9. The molecule has 6 nitrogen and oxygen atoms in total. The molecule has 3 atom stereocenters. The first-order chi connectivity index (χ1) is 9.11. The molecule has 104 valence electrons. The van der Waals surface area contributed by atoms with Crippen LogP contribution < -0.4 is 11.1 Å². The zero-order valence-electron chi connectivity index (χ0n) is 11.1. The van der Waals surface area contributed by atoms with Gasteiger partial charge in [-0.3, -0.25) is 9.69 Å². The van der Waals surface area contributed by atoms with Crippen LogP contribution in [0.2, 0.25) is 0 Å². The van der Waals surface area contributed by atoms with E-state index in [-0.39, 0.29) is 5.91 Å². The Labute approximate surface area is 112 Å². The van der Waals surface area contributed by atoms with E-state index in [0.717, 1.165) is 19.5 Å². The SMILES string of the molecule is Cc1cc(NC(=O)CN2CC3CCC(N)C3C2)no1. The summed E-state index contributed by atoms with van der Waals surface area (Å²) in [6.45, 7) is 4.14. The minimum atomic E-state index is -0.0400. The van der Waals surface area contributed by atoms with Crippen molar-refractivity contribution in [3.8, 4) is 0 Å². The molecule has 1 aliphatic carbocycles. The van der Waals surface area contributed by atoms with Crippen LogP contribution in [0.1, 0.15) is 18.6 Å². The lowest BCUT2D eigenvalue weighted by Gasteiger charge is -2.17. The van der Waals surface area contributed by atoms with Crippen molar-refractivity contribution < 1.29 is 9.32 Å². The minimum absolute atomic E-state index is 0.0400. The highest BCUT2D eigenvalue weighted by molar-refractivity contribution is 5.91. The second-order valence-electron chi connectivity index (χ2n) is 5.73. The van der Waals surface area contributed by atoms with E-state index in [1.807, 2.05) is 0 Å². The number of carbonyl (C=O) groups is 1. The highest BCUT2D eigenvalue weighted by Gasteiger charge is 2.41. The Morgan fingerprint density at radius 1 is 1.58 bits per heavy atom. The highest BCUT2D eigenvalue weighted by Crippen LogP contribution is 2.36. The van der Waals surface area contributed by atoms with Gasteiger partial charge in [-0.25, -0.2) is 0 Å². The number of hydrogen-bond donors (Lipinski definition) is 2. The van der Waals surface area contributed by atoms with E-state index >= 15 is 0 Å². The van der Waals surface area contributed by atoms with Crippen LogP contribution in [0.15, 0.2) is 10.6 Å². The summed E-state index contributed by atoms with van der Waals surface area (Å²) in [5.74, 6) is 2.39. The van der Waals surface area contributed by atoms with Crippen LogP contribution in [0.4, 0.5) is 5.82 Å². The molecule has 0 aromatic carbocycles. The maximum Gasteiger partial charge on any atom is 0.239 e. The van der Waals surface area contributed by atoms with Gasteiger partial charge in [-0.1, -0.05) is 5.16 Å². The van der Waals surface area contributed by atoms with Gasteiger partial charge >= 0.3 is 0 Å². The molecular weight excluding hydrogens is 244 g/mol. The number of nitrogens with two attached hydrogens (primary N) is 1. The molecule has 1 aromatic heterocycles. The molecule has 1 saturated heterocycles. The maximum atomic E-state index is 11.9. The molecule has 2 heterocycles. The van der Waals surface area contributed by atoms with Gasteiger partial charge in [0.15, 0.2) is 5.82 Å².